The van der Waals surface area contributed by atoms with Gasteiger partial charge in [0.15, 0.2) is 0 Å². The average Bonchev–Trinajstić information content (AvgIpc) is 2.62. The fraction of sp³-hybridized carbons (Fsp3) is 0.333. The third kappa shape index (κ3) is 2.54. The van der Waals surface area contributed by atoms with Crippen molar-refractivity contribution in [1.82, 2.24) is 0 Å². The molecule has 2 aromatic rings. The lowest BCUT2D eigenvalue weighted by molar-refractivity contribution is 0.411. The van der Waals surface area contributed by atoms with Crippen molar-refractivity contribution in [2.45, 2.75) is 25.6 Å². The van der Waals surface area contributed by atoms with Crippen LogP contribution in [-0.2, 0) is 0 Å². The molecule has 1 aromatic heterocycles. The summed E-state index contributed by atoms with van der Waals surface area (Å²) in [5.41, 5.74) is 2.61. The molecule has 1 heterocycles. The van der Waals surface area contributed by atoms with E-state index in [0.29, 0.717) is 11.3 Å². The number of methoxy groups -OCH3 is 1. The largest absolute Gasteiger partial charge is 0.497 e. The topological polar surface area (TPSA) is 22.4 Å². The second-order valence-corrected chi connectivity index (χ2v) is 5.42. The molecule has 0 aliphatic rings. The van der Waals surface area contributed by atoms with Crippen LogP contribution in [0.15, 0.2) is 22.6 Å². The first-order valence-electron chi connectivity index (χ1n) is 5.99. The maximum atomic E-state index is 14.1. The summed E-state index contributed by atoms with van der Waals surface area (Å²) in [6.07, 6.45) is 0. The number of alkyl halides is 1. The van der Waals surface area contributed by atoms with E-state index in [9.17, 15) is 4.39 Å². The zero-order valence-electron chi connectivity index (χ0n) is 11.4. The number of hydrogen-bond acceptors (Lipinski definition) is 2. The van der Waals surface area contributed by atoms with Gasteiger partial charge in [0.2, 0.25) is 0 Å². The Labute approximate surface area is 120 Å². The molecule has 0 aliphatic heterocycles. The van der Waals surface area contributed by atoms with Gasteiger partial charge in [0.05, 0.1) is 11.9 Å². The second-order valence-electron chi connectivity index (χ2n) is 4.50. The van der Waals surface area contributed by atoms with Gasteiger partial charge in [-0.3, -0.25) is 0 Å². The molecule has 0 saturated heterocycles. The first kappa shape index (κ1) is 14.1. The lowest BCUT2D eigenvalue weighted by atomic mass is 10.0. The summed E-state index contributed by atoms with van der Waals surface area (Å²) in [6, 6.07) is 4.88. The molecule has 2 nitrogen and oxygen atoms in total. The van der Waals surface area contributed by atoms with Gasteiger partial charge in [-0.1, -0.05) is 22.0 Å². The molecule has 2 rings (SSSR count). The van der Waals surface area contributed by atoms with Gasteiger partial charge in [0, 0.05) is 17.2 Å². The van der Waals surface area contributed by atoms with Gasteiger partial charge in [0.25, 0.3) is 0 Å². The molecule has 0 spiro atoms. The molecular formula is C15H16BrFO2. The number of hydrogen-bond donors (Lipinski definition) is 0. The van der Waals surface area contributed by atoms with Crippen LogP contribution in [-0.4, -0.2) is 7.11 Å². The number of aryl methyl sites for hydroxylation is 2. The molecule has 0 saturated carbocycles. The van der Waals surface area contributed by atoms with Crippen molar-refractivity contribution in [1.29, 1.82) is 0 Å². The molecule has 4 heteroatoms. The highest BCUT2D eigenvalue weighted by Crippen LogP contribution is 2.39. The van der Waals surface area contributed by atoms with Gasteiger partial charge < -0.3 is 9.15 Å². The van der Waals surface area contributed by atoms with E-state index in [1.165, 1.54) is 13.2 Å². The van der Waals surface area contributed by atoms with Gasteiger partial charge in [-0.15, -0.1) is 0 Å². The SMILES string of the molecule is COc1ccc(C(Br)c2c(C)oc(C)c2C)c(F)c1. The van der Waals surface area contributed by atoms with Crippen LogP contribution in [0.4, 0.5) is 4.39 Å². The second kappa shape index (κ2) is 5.37. The Kier molecular flexibility index (Phi) is 3.99. The van der Waals surface area contributed by atoms with E-state index in [2.05, 4.69) is 15.9 Å². The Bertz CT molecular complexity index is 604. The van der Waals surface area contributed by atoms with E-state index in [1.807, 2.05) is 20.8 Å². The molecule has 1 aromatic carbocycles. The normalized spacial score (nSPS) is 12.5. The minimum Gasteiger partial charge on any atom is -0.497 e. The van der Waals surface area contributed by atoms with E-state index in [-0.39, 0.29) is 10.6 Å². The molecule has 0 N–H and O–H groups in total. The van der Waals surface area contributed by atoms with Gasteiger partial charge in [-0.25, -0.2) is 4.39 Å². The molecule has 1 atom stereocenters. The Hall–Kier alpha value is -1.29. The summed E-state index contributed by atoms with van der Waals surface area (Å²) < 4.78 is 24.7. The maximum absolute atomic E-state index is 14.1. The Morgan fingerprint density at radius 2 is 1.89 bits per heavy atom. The van der Waals surface area contributed by atoms with Crippen LogP contribution in [0.1, 0.15) is 33.0 Å². The molecule has 102 valence electrons. The van der Waals surface area contributed by atoms with Crippen LogP contribution in [0.5, 0.6) is 5.75 Å². The standard InChI is InChI=1S/C15H16BrFO2/c1-8-9(2)19-10(3)14(8)15(16)12-6-5-11(18-4)7-13(12)17/h5-7,15H,1-4H3. The summed E-state index contributed by atoms with van der Waals surface area (Å²) >= 11 is 3.57. The van der Waals surface area contributed by atoms with Gasteiger partial charge in [-0.2, -0.15) is 0 Å². The molecule has 0 aliphatic carbocycles. The van der Waals surface area contributed by atoms with Gasteiger partial charge in [0.1, 0.15) is 23.1 Å². The zero-order chi connectivity index (χ0) is 14.2. The monoisotopic (exact) mass is 326 g/mol. The minimum atomic E-state index is -0.293. The van der Waals surface area contributed by atoms with Crippen LogP contribution in [0.3, 0.4) is 0 Å². The molecule has 1 unspecified atom stereocenters. The van der Waals surface area contributed by atoms with E-state index in [1.54, 1.807) is 12.1 Å². The Morgan fingerprint density at radius 3 is 2.37 bits per heavy atom. The predicted octanol–water partition coefficient (Wildman–Crippen LogP) is 4.84. The average molecular weight is 327 g/mol. The highest BCUT2D eigenvalue weighted by molar-refractivity contribution is 9.09. The van der Waals surface area contributed by atoms with Crippen LogP contribution in [0.25, 0.3) is 0 Å². The van der Waals surface area contributed by atoms with Crippen molar-refractivity contribution in [2.75, 3.05) is 7.11 Å². The van der Waals surface area contributed by atoms with Gasteiger partial charge >= 0.3 is 0 Å². The summed E-state index contributed by atoms with van der Waals surface area (Å²) in [7, 11) is 1.52. The van der Waals surface area contributed by atoms with E-state index in [0.717, 1.165) is 22.6 Å². The first-order valence-corrected chi connectivity index (χ1v) is 6.91. The number of benzene rings is 1. The number of furan rings is 1. The van der Waals surface area contributed by atoms with Crippen molar-refractivity contribution >= 4 is 15.9 Å². The van der Waals surface area contributed by atoms with E-state index < -0.39 is 0 Å². The molecule has 0 fully saturated rings. The highest BCUT2D eigenvalue weighted by Gasteiger charge is 2.22. The summed E-state index contributed by atoms with van der Waals surface area (Å²) in [6.45, 7) is 5.79. The lowest BCUT2D eigenvalue weighted by Crippen LogP contribution is -1.99. The third-order valence-electron chi connectivity index (χ3n) is 3.35. The molecule has 19 heavy (non-hydrogen) atoms. The first-order chi connectivity index (χ1) is 8.95. The quantitative estimate of drug-likeness (QED) is 0.753. The van der Waals surface area contributed by atoms with Crippen LogP contribution < -0.4 is 4.74 Å². The summed E-state index contributed by atoms with van der Waals surface area (Å²) in [4.78, 5) is -0.226. The molecule has 0 bridgehead atoms. The number of ether oxygens (including phenoxy) is 1. The lowest BCUT2D eigenvalue weighted by Gasteiger charge is -2.13. The van der Waals surface area contributed by atoms with Crippen molar-refractivity contribution in [3.8, 4) is 5.75 Å². The van der Waals surface area contributed by atoms with Crippen LogP contribution in [0, 0.1) is 26.6 Å². The van der Waals surface area contributed by atoms with Gasteiger partial charge in [-0.05, 0) is 32.4 Å². The van der Waals surface area contributed by atoms with E-state index in [4.69, 9.17) is 9.15 Å². The summed E-state index contributed by atoms with van der Waals surface area (Å²) in [5, 5.41) is 0. The number of rotatable bonds is 3. The van der Waals surface area contributed by atoms with Crippen LogP contribution in [0.2, 0.25) is 0 Å². The molecular weight excluding hydrogens is 311 g/mol. The molecule has 0 radical (unpaired) electrons. The van der Waals surface area contributed by atoms with Crippen LogP contribution >= 0.6 is 15.9 Å². The predicted molar refractivity (Wildman–Crippen MR) is 76.6 cm³/mol. The zero-order valence-corrected chi connectivity index (χ0v) is 13.0. The fourth-order valence-electron chi connectivity index (χ4n) is 2.18. The minimum absolute atomic E-state index is 0.226. The van der Waals surface area contributed by atoms with Crippen molar-refractivity contribution in [3.05, 3.63) is 52.2 Å². The molecule has 0 amide bonds. The summed E-state index contributed by atoms with van der Waals surface area (Å²) in [5.74, 6) is 1.90. The Morgan fingerprint density at radius 1 is 1.21 bits per heavy atom. The fourth-order valence-corrected chi connectivity index (χ4v) is 3.22. The van der Waals surface area contributed by atoms with Crippen molar-refractivity contribution in [2.24, 2.45) is 0 Å². The van der Waals surface area contributed by atoms with Crippen molar-refractivity contribution < 1.29 is 13.5 Å². The smallest absolute Gasteiger partial charge is 0.131 e. The maximum Gasteiger partial charge on any atom is 0.131 e. The van der Waals surface area contributed by atoms with E-state index >= 15 is 0 Å². The number of halogens is 2. The highest BCUT2D eigenvalue weighted by atomic mass is 79.9. The Balaban J connectivity index is 2.47. The third-order valence-corrected chi connectivity index (χ3v) is 4.30. The van der Waals surface area contributed by atoms with Crippen molar-refractivity contribution in [3.63, 3.8) is 0 Å².